The lowest BCUT2D eigenvalue weighted by atomic mass is 9.87. The Labute approximate surface area is 544 Å². The number of fused-ring (bicyclic) bond motifs is 3. The van der Waals surface area contributed by atoms with E-state index in [0.29, 0.717) is 57.1 Å². The second kappa shape index (κ2) is 25.6. The SMILES string of the molecule is CCS(=O)(=O)N1CC(CC#N)(n2cc(-c3nc(Nc4cnn(C(C)C)c4)nc4ccsc34)cn2)C1.Cn1cc(Nc2nc(-c3cnn(C4(CC#N)CCOCC4)c3)c3sccc3n2)cn1.Cn1cc(Nc2nc(-c3cnn(C4(CC#N)COC4)c3)c3sccc3n2)cn1. The number of anilines is 6. The summed E-state index contributed by atoms with van der Waals surface area (Å²) >= 11 is 4.73. The Morgan fingerprint density at radius 3 is 1.33 bits per heavy atom. The molecule has 0 aliphatic carbocycles. The predicted molar refractivity (Wildman–Crippen MR) is 351 cm³/mol. The van der Waals surface area contributed by atoms with Crippen molar-refractivity contribution in [1.82, 2.24) is 92.9 Å². The Kier molecular flexibility index (Phi) is 17.1. The molecule has 0 aromatic carbocycles. The van der Waals surface area contributed by atoms with Gasteiger partial charge < -0.3 is 25.4 Å². The molecule has 474 valence electrons. The van der Waals surface area contributed by atoms with Crippen LogP contribution in [0.25, 0.3) is 64.4 Å². The molecule has 3 aliphatic heterocycles. The lowest BCUT2D eigenvalue weighted by Gasteiger charge is -2.47. The van der Waals surface area contributed by atoms with Crippen molar-refractivity contribution in [3.05, 3.63) is 109 Å². The first-order valence-electron chi connectivity index (χ1n) is 29.6. The molecule has 3 aliphatic rings. The monoisotopic (exact) mass is 1320 g/mol. The minimum absolute atomic E-state index is 0.0309. The lowest BCUT2D eigenvalue weighted by molar-refractivity contribution is -0.104. The number of aryl methyl sites for hydroxylation is 2. The van der Waals surface area contributed by atoms with Crippen molar-refractivity contribution in [2.45, 2.75) is 75.5 Å². The molecule has 12 aromatic rings. The van der Waals surface area contributed by atoms with Gasteiger partial charge in [-0.3, -0.25) is 28.1 Å². The summed E-state index contributed by atoms with van der Waals surface area (Å²) in [5.41, 5.74) is 8.49. The van der Waals surface area contributed by atoms with Gasteiger partial charge in [0.05, 0.1) is 164 Å². The largest absolute Gasteiger partial charge is 0.381 e. The molecule has 15 heterocycles. The van der Waals surface area contributed by atoms with Crippen LogP contribution in [0.4, 0.5) is 34.9 Å². The first-order chi connectivity index (χ1) is 45.1. The van der Waals surface area contributed by atoms with Crippen LogP contribution in [0.3, 0.4) is 0 Å². The molecule has 0 spiro atoms. The molecule has 0 bridgehead atoms. The summed E-state index contributed by atoms with van der Waals surface area (Å²) in [4.78, 5) is 28.2. The van der Waals surface area contributed by atoms with Crippen LogP contribution in [-0.4, -0.2) is 147 Å². The van der Waals surface area contributed by atoms with Gasteiger partial charge >= 0.3 is 0 Å². The number of nitrogens with zero attached hydrogens (tertiary/aromatic N) is 22. The number of sulfonamides is 1. The van der Waals surface area contributed by atoms with E-state index in [4.69, 9.17) is 29.7 Å². The molecule has 3 fully saturated rings. The average Bonchev–Trinajstić information content (AvgIpc) is 1.57. The smallest absolute Gasteiger partial charge is 0.228 e. The van der Waals surface area contributed by atoms with Gasteiger partial charge in [0.2, 0.25) is 27.9 Å². The summed E-state index contributed by atoms with van der Waals surface area (Å²) < 4.78 is 50.5. The molecular weight excluding hydrogens is 1260 g/mol. The van der Waals surface area contributed by atoms with Gasteiger partial charge in [-0.05, 0) is 68.0 Å². The highest BCUT2D eigenvalue weighted by Crippen LogP contribution is 2.40. The van der Waals surface area contributed by atoms with E-state index in [-0.39, 0.29) is 42.4 Å². The van der Waals surface area contributed by atoms with Gasteiger partial charge in [0.25, 0.3) is 0 Å². The molecule has 0 radical (unpaired) electrons. The first kappa shape index (κ1) is 61.9. The molecule has 3 saturated heterocycles. The first-order valence-corrected chi connectivity index (χ1v) is 33.8. The van der Waals surface area contributed by atoms with Gasteiger partial charge in [0.15, 0.2) is 0 Å². The number of hydrogen-bond donors (Lipinski definition) is 3. The Morgan fingerprint density at radius 2 is 0.946 bits per heavy atom. The number of nitrogens with one attached hydrogen (secondary N) is 3. The summed E-state index contributed by atoms with van der Waals surface area (Å²) in [5, 5.41) is 70.0. The Hall–Kier alpha value is -9.92. The van der Waals surface area contributed by atoms with E-state index in [0.717, 1.165) is 94.3 Å². The van der Waals surface area contributed by atoms with Gasteiger partial charge in [0, 0.05) is 100 Å². The minimum Gasteiger partial charge on any atom is -0.381 e. The zero-order valence-corrected chi connectivity index (χ0v) is 54.3. The maximum atomic E-state index is 12.3. The van der Waals surface area contributed by atoms with E-state index in [2.05, 4.69) is 93.5 Å². The van der Waals surface area contributed by atoms with E-state index in [1.165, 1.54) is 15.6 Å². The maximum Gasteiger partial charge on any atom is 0.228 e. The zero-order chi connectivity index (χ0) is 64.5. The standard InChI is InChI=1S/C22H25N9O2S2.C20H20N8OS.C18H16N8OS/c1-4-35(32,33)29-13-22(14-29,6-7-23)31-11-16(9-25-31)19-20-18(5-8-34-20)27-21(28-19)26-17-10-24-30(12-17)15(2)3;1-27-13-15(11-22-27)24-19-25-16-2-9-30-18(16)17(26-19)14-10-23-28(12-14)20(3-6-21)4-7-29-8-5-20;1-25-9-13(7-20-25)22-17-23-14-2-5-28-16(14)15(24-17)12-6-21-26(8-12)18(3-4-19)10-27-11-18/h5,8-12,15H,4,6,13-14H2,1-3H3,(H,26,27,28);2,9-13H,3-5,7-8H2,1H3,(H,24,25,26);2,5-9H,3,10-11H2,1H3,(H,22,23,24). The Balaban J connectivity index is 0.000000128. The molecule has 29 nitrogen and oxygen atoms in total. The topological polar surface area (TPSA) is 348 Å². The summed E-state index contributed by atoms with van der Waals surface area (Å²) in [6.45, 7) is 8.44. The lowest BCUT2D eigenvalue weighted by Crippen LogP contribution is -2.64. The third-order valence-corrected chi connectivity index (χ3v) is 20.8. The number of rotatable bonds is 18. The number of nitriles is 3. The maximum absolute atomic E-state index is 12.3. The normalized spacial score (nSPS) is 15.7. The van der Waals surface area contributed by atoms with Crippen LogP contribution in [0, 0.1) is 34.0 Å². The molecule has 33 heteroatoms. The highest BCUT2D eigenvalue weighted by Gasteiger charge is 2.50. The van der Waals surface area contributed by atoms with Gasteiger partial charge in [-0.2, -0.15) is 50.7 Å². The van der Waals surface area contributed by atoms with E-state index in [1.54, 1.807) is 74.6 Å². The highest BCUT2D eigenvalue weighted by molar-refractivity contribution is 7.89. The van der Waals surface area contributed by atoms with Gasteiger partial charge in [-0.15, -0.1) is 34.0 Å². The third kappa shape index (κ3) is 12.5. The van der Waals surface area contributed by atoms with Crippen molar-refractivity contribution in [2.75, 3.05) is 61.2 Å². The molecule has 93 heavy (non-hydrogen) atoms. The van der Waals surface area contributed by atoms with Crippen LogP contribution < -0.4 is 16.0 Å². The van der Waals surface area contributed by atoms with Crippen molar-refractivity contribution in [3.63, 3.8) is 0 Å². The van der Waals surface area contributed by atoms with Gasteiger partial charge in [-0.1, -0.05) is 0 Å². The van der Waals surface area contributed by atoms with Crippen molar-refractivity contribution >= 4 is 110 Å². The molecular formula is C60H61N25O4S4. The molecule has 0 amide bonds. The van der Waals surface area contributed by atoms with Crippen molar-refractivity contribution in [1.29, 1.82) is 15.8 Å². The number of hydrogen-bond acceptors (Lipinski definition) is 25. The molecule has 3 N–H and O–H groups in total. The molecule has 0 saturated carbocycles. The highest BCUT2D eigenvalue weighted by atomic mass is 32.2. The Morgan fingerprint density at radius 1 is 0.538 bits per heavy atom. The zero-order valence-electron chi connectivity index (χ0n) is 51.1. The van der Waals surface area contributed by atoms with E-state index in [9.17, 15) is 18.9 Å². The van der Waals surface area contributed by atoms with Crippen molar-refractivity contribution in [2.24, 2.45) is 14.1 Å². The molecule has 0 unspecified atom stereocenters. The fourth-order valence-electron chi connectivity index (χ4n) is 11.2. The van der Waals surface area contributed by atoms with Crippen LogP contribution in [0.2, 0.25) is 0 Å². The van der Waals surface area contributed by atoms with Crippen LogP contribution in [-0.2, 0) is 50.2 Å². The van der Waals surface area contributed by atoms with Crippen LogP contribution in [0.5, 0.6) is 0 Å². The molecule has 12 aromatic heterocycles. The number of thiophene rings is 3. The van der Waals surface area contributed by atoms with Crippen LogP contribution in [0.15, 0.2) is 109 Å². The van der Waals surface area contributed by atoms with E-state index < -0.39 is 15.6 Å². The summed E-state index contributed by atoms with van der Waals surface area (Å²) in [7, 11) is 0.403. The second-order valence-corrected chi connectivity index (χ2v) is 28.1. The third-order valence-electron chi connectivity index (χ3n) is 16.3. The van der Waals surface area contributed by atoms with E-state index in [1.807, 2.05) is 106 Å². The summed E-state index contributed by atoms with van der Waals surface area (Å²) in [5.74, 6) is 1.48. The van der Waals surface area contributed by atoms with Crippen LogP contribution in [0.1, 0.15) is 58.9 Å². The summed E-state index contributed by atoms with van der Waals surface area (Å²) in [6, 6.07) is 12.9. The average molecular weight is 1320 g/mol. The number of ether oxygens (including phenoxy) is 2. The fraction of sp³-hybridized carbons (Fsp3) is 0.350. The minimum atomic E-state index is -3.32. The fourth-order valence-corrected chi connectivity index (χ4v) is 14.9. The van der Waals surface area contributed by atoms with E-state index >= 15 is 0 Å². The molecule has 15 rings (SSSR count). The summed E-state index contributed by atoms with van der Waals surface area (Å²) in [6.07, 6.45) is 24.4. The predicted octanol–water partition coefficient (Wildman–Crippen LogP) is 9.47. The Bertz CT molecular complexity index is 4910. The second-order valence-electron chi connectivity index (χ2n) is 23.0. The van der Waals surface area contributed by atoms with Gasteiger partial charge in [0.1, 0.15) is 11.1 Å². The van der Waals surface area contributed by atoms with Crippen molar-refractivity contribution in [3.8, 4) is 52.0 Å². The van der Waals surface area contributed by atoms with Gasteiger partial charge in [-0.25, -0.2) is 38.3 Å². The van der Waals surface area contributed by atoms with Crippen LogP contribution >= 0.6 is 34.0 Å². The molecule has 0 atom stereocenters. The quantitative estimate of drug-likeness (QED) is 0.0719. The number of aromatic nitrogens is 18. The van der Waals surface area contributed by atoms with Crippen molar-refractivity contribution < 1.29 is 17.9 Å².